The van der Waals surface area contributed by atoms with E-state index in [0.717, 1.165) is 6.42 Å². The molecule has 2 amide bonds. The predicted molar refractivity (Wildman–Crippen MR) is 94.6 cm³/mol. The zero-order valence-electron chi connectivity index (χ0n) is 14.2. The lowest BCUT2D eigenvalue weighted by atomic mass is 9.97. The largest absolute Gasteiger partial charge is 0.354 e. The van der Waals surface area contributed by atoms with Crippen molar-refractivity contribution in [1.29, 1.82) is 0 Å². The molecule has 1 aromatic carbocycles. The Morgan fingerprint density at radius 2 is 2.04 bits per heavy atom. The molecule has 0 spiro atoms. The van der Waals surface area contributed by atoms with Gasteiger partial charge in [0.15, 0.2) is 0 Å². The van der Waals surface area contributed by atoms with E-state index < -0.39 is 0 Å². The molecule has 1 heterocycles. The van der Waals surface area contributed by atoms with Crippen molar-refractivity contribution in [3.8, 4) is 0 Å². The van der Waals surface area contributed by atoms with Gasteiger partial charge in [0.1, 0.15) is 0 Å². The third-order valence-electron chi connectivity index (χ3n) is 4.97. The van der Waals surface area contributed by atoms with E-state index >= 15 is 0 Å². The maximum absolute atomic E-state index is 12.2. The molecule has 1 N–H and O–H groups in total. The van der Waals surface area contributed by atoms with E-state index in [4.69, 9.17) is 0 Å². The molecule has 1 fully saturated rings. The molecule has 0 saturated carbocycles. The van der Waals surface area contributed by atoms with E-state index in [0.29, 0.717) is 19.5 Å². The average Bonchev–Trinajstić information content (AvgIpc) is 2.97. The van der Waals surface area contributed by atoms with Gasteiger partial charge in [0, 0.05) is 25.4 Å². The molecule has 1 saturated heterocycles. The molecule has 1 aliphatic heterocycles. The second kappa shape index (κ2) is 8.13. The number of benzene rings is 1. The van der Waals surface area contributed by atoms with Gasteiger partial charge in [0.25, 0.3) is 0 Å². The first-order valence-corrected chi connectivity index (χ1v) is 8.99. The van der Waals surface area contributed by atoms with Crippen LogP contribution in [-0.2, 0) is 9.59 Å². The molecule has 0 radical (unpaired) electrons. The molecule has 1 aliphatic carbocycles. The van der Waals surface area contributed by atoms with Gasteiger partial charge in [-0.25, -0.2) is 0 Å². The number of nitrogens with one attached hydrogen (secondary N) is 1. The maximum atomic E-state index is 12.2. The first-order valence-electron chi connectivity index (χ1n) is 8.99. The fourth-order valence-corrected chi connectivity index (χ4v) is 3.60. The maximum Gasteiger partial charge on any atom is 0.239 e. The number of hydrogen-bond donors (Lipinski definition) is 1. The van der Waals surface area contributed by atoms with E-state index in [-0.39, 0.29) is 24.3 Å². The first kappa shape index (κ1) is 16.7. The minimum Gasteiger partial charge on any atom is -0.354 e. The van der Waals surface area contributed by atoms with Crippen molar-refractivity contribution >= 4 is 11.8 Å². The first-order chi connectivity index (χ1) is 11.7. The van der Waals surface area contributed by atoms with Crippen LogP contribution in [0, 0.1) is 0 Å². The van der Waals surface area contributed by atoms with Crippen molar-refractivity contribution in [1.82, 2.24) is 10.2 Å². The van der Waals surface area contributed by atoms with Crippen LogP contribution in [0.5, 0.6) is 0 Å². The lowest BCUT2D eigenvalue weighted by Gasteiger charge is -2.17. The molecule has 4 nitrogen and oxygen atoms in total. The summed E-state index contributed by atoms with van der Waals surface area (Å²) in [5, 5.41) is 2.96. The van der Waals surface area contributed by atoms with Gasteiger partial charge in [0.2, 0.25) is 11.8 Å². The molecule has 0 unspecified atom stereocenters. The summed E-state index contributed by atoms with van der Waals surface area (Å²) in [6.07, 6.45) is 8.64. The van der Waals surface area contributed by atoms with Crippen molar-refractivity contribution in [2.24, 2.45) is 0 Å². The normalized spacial score (nSPS) is 20.8. The van der Waals surface area contributed by atoms with Crippen molar-refractivity contribution < 1.29 is 9.59 Å². The molecular weight excluding hydrogens is 300 g/mol. The predicted octanol–water partition coefficient (Wildman–Crippen LogP) is 3.01. The van der Waals surface area contributed by atoms with Crippen LogP contribution in [0.15, 0.2) is 42.0 Å². The third kappa shape index (κ3) is 4.47. The Bertz CT molecular complexity index is 609. The number of carbonyl (C=O) groups excluding carboxylic acids is 2. The molecule has 4 heteroatoms. The molecule has 0 aromatic heterocycles. The quantitative estimate of drug-likeness (QED) is 0.817. The second-order valence-corrected chi connectivity index (χ2v) is 6.79. The lowest BCUT2D eigenvalue weighted by molar-refractivity contribution is -0.133. The van der Waals surface area contributed by atoms with Crippen molar-refractivity contribution in [2.75, 3.05) is 19.6 Å². The van der Waals surface area contributed by atoms with E-state index in [9.17, 15) is 9.59 Å². The standard InChI is InChI=1S/C20H26N2O2/c23-19(21-12-11-16-7-3-1-4-8-16)15-22-14-18(13-20(22)24)17-9-5-2-6-10-17/h2,5-7,9-10,18H,1,3-4,8,11-15H2,(H,21,23)/t18-/m0/s1. The van der Waals surface area contributed by atoms with Crippen molar-refractivity contribution in [2.45, 2.75) is 44.4 Å². The summed E-state index contributed by atoms with van der Waals surface area (Å²) in [6, 6.07) is 10.1. The minimum absolute atomic E-state index is 0.0477. The summed E-state index contributed by atoms with van der Waals surface area (Å²) >= 11 is 0. The zero-order chi connectivity index (χ0) is 16.8. The highest BCUT2D eigenvalue weighted by molar-refractivity contribution is 5.86. The Morgan fingerprint density at radius 1 is 1.21 bits per heavy atom. The number of amides is 2. The number of carbonyl (C=O) groups is 2. The van der Waals surface area contributed by atoms with Gasteiger partial charge < -0.3 is 10.2 Å². The fraction of sp³-hybridized carbons (Fsp3) is 0.500. The molecule has 128 valence electrons. The van der Waals surface area contributed by atoms with Crippen LogP contribution in [0.1, 0.15) is 50.0 Å². The molecule has 24 heavy (non-hydrogen) atoms. The van der Waals surface area contributed by atoms with E-state index in [1.165, 1.54) is 36.8 Å². The van der Waals surface area contributed by atoms with Crippen LogP contribution < -0.4 is 5.32 Å². The van der Waals surface area contributed by atoms with Crippen LogP contribution in [0.25, 0.3) is 0 Å². The van der Waals surface area contributed by atoms with E-state index in [1.54, 1.807) is 4.90 Å². The van der Waals surface area contributed by atoms with Crippen LogP contribution in [0.2, 0.25) is 0 Å². The topological polar surface area (TPSA) is 49.4 Å². The van der Waals surface area contributed by atoms with Gasteiger partial charge in [-0.1, -0.05) is 42.0 Å². The average molecular weight is 326 g/mol. The lowest BCUT2D eigenvalue weighted by Crippen LogP contribution is -2.38. The van der Waals surface area contributed by atoms with Crippen LogP contribution >= 0.6 is 0 Å². The summed E-state index contributed by atoms with van der Waals surface area (Å²) in [7, 11) is 0. The van der Waals surface area contributed by atoms with Gasteiger partial charge in [-0.2, -0.15) is 0 Å². The van der Waals surface area contributed by atoms with Crippen molar-refractivity contribution in [3.05, 3.63) is 47.5 Å². The summed E-state index contributed by atoms with van der Waals surface area (Å²) in [5.74, 6) is 0.237. The Labute approximate surface area is 143 Å². The van der Waals surface area contributed by atoms with E-state index in [2.05, 4.69) is 23.5 Å². The number of rotatable bonds is 6. The zero-order valence-corrected chi connectivity index (χ0v) is 14.2. The summed E-state index contributed by atoms with van der Waals surface area (Å²) in [5.41, 5.74) is 2.64. The molecule has 1 aromatic rings. The molecule has 1 atom stereocenters. The van der Waals surface area contributed by atoms with Gasteiger partial charge in [0.05, 0.1) is 6.54 Å². The fourth-order valence-electron chi connectivity index (χ4n) is 3.60. The highest BCUT2D eigenvalue weighted by Crippen LogP contribution is 2.27. The van der Waals surface area contributed by atoms with Gasteiger partial charge in [-0.15, -0.1) is 0 Å². The molecule has 0 bridgehead atoms. The number of allylic oxidation sites excluding steroid dienone is 1. The molecule has 3 rings (SSSR count). The molecule has 2 aliphatic rings. The monoisotopic (exact) mass is 326 g/mol. The number of hydrogen-bond acceptors (Lipinski definition) is 2. The summed E-state index contributed by atoms with van der Waals surface area (Å²) in [6.45, 7) is 1.50. The second-order valence-electron chi connectivity index (χ2n) is 6.79. The highest BCUT2D eigenvalue weighted by atomic mass is 16.2. The highest BCUT2D eigenvalue weighted by Gasteiger charge is 2.31. The summed E-state index contributed by atoms with van der Waals surface area (Å²) in [4.78, 5) is 25.9. The Balaban J connectivity index is 1.43. The van der Waals surface area contributed by atoms with Crippen molar-refractivity contribution in [3.63, 3.8) is 0 Å². The van der Waals surface area contributed by atoms with Gasteiger partial charge >= 0.3 is 0 Å². The van der Waals surface area contributed by atoms with Crippen LogP contribution in [0.3, 0.4) is 0 Å². The smallest absolute Gasteiger partial charge is 0.239 e. The Kier molecular flexibility index (Phi) is 5.68. The van der Waals surface area contributed by atoms with Crippen LogP contribution in [-0.4, -0.2) is 36.3 Å². The van der Waals surface area contributed by atoms with Gasteiger partial charge in [-0.3, -0.25) is 9.59 Å². The van der Waals surface area contributed by atoms with E-state index in [1.807, 2.05) is 18.2 Å². The Hall–Kier alpha value is -2.10. The number of likely N-dealkylation sites (tertiary alicyclic amines) is 1. The number of nitrogens with zero attached hydrogens (tertiary/aromatic N) is 1. The SMILES string of the molecule is O=C(CN1C[C@@H](c2ccccc2)CC1=O)NCCC1=CCCCC1. The van der Waals surface area contributed by atoms with Gasteiger partial charge in [-0.05, 0) is 37.7 Å². The molecular formula is C20H26N2O2. The minimum atomic E-state index is -0.0477. The Morgan fingerprint density at radius 3 is 2.79 bits per heavy atom. The van der Waals surface area contributed by atoms with Crippen LogP contribution in [0.4, 0.5) is 0 Å². The third-order valence-corrected chi connectivity index (χ3v) is 4.97. The summed E-state index contributed by atoms with van der Waals surface area (Å²) < 4.78 is 0.